The van der Waals surface area contributed by atoms with Gasteiger partial charge in [-0.1, -0.05) is 5.16 Å². The number of piperidine rings is 1. The van der Waals surface area contributed by atoms with E-state index in [-0.39, 0.29) is 5.91 Å². The second-order valence-corrected chi connectivity index (χ2v) is 5.95. The molecule has 0 radical (unpaired) electrons. The molecule has 2 aromatic heterocycles. The molecule has 0 N–H and O–H groups in total. The van der Waals surface area contributed by atoms with E-state index < -0.39 is 0 Å². The van der Waals surface area contributed by atoms with E-state index in [2.05, 4.69) is 14.7 Å². The number of aromatic nitrogens is 3. The number of rotatable bonds is 4. The maximum atomic E-state index is 12.5. The normalized spacial score (nSPS) is 18.6. The molecule has 0 aliphatic carbocycles. The molecule has 1 amide bonds. The molecule has 1 aliphatic heterocycles. The minimum atomic E-state index is 0.213. The lowest BCUT2D eigenvalue weighted by Gasteiger charge is -2.33. The second-order valence-electron chi connectivity index (χ2n) is 5.95. The molecule has 0 unspecified atom stereocenters. The molecule has 6 heteroatoms. The summed E-state index contributed by atoms with van der Waals surface area (Å²) in [4.78, 5) is 18.6. The van der Waals surface area contributed by atoms with Crippen molar-refractivity contribution in [1.29, 1.82) is 0 Å². The van der Waals surface area contributed by atoms with Crippen LogP contribution in [0.1, 0.15) is 42.3 Å². The van der Waals surface area contributed by atoms with Gasteiger partial charge in [0.25, 0.3) is 0 Å². The van der Waals surface area contributed by atoms with Crippen LogP contribution in [0, 0.1) is 13.8 Å². The first-order chi connectivity index (χ1) is 10.6. The first-order valence-electron chi connectivity index (χ1n) is 7.82. The fraction of sp³-hybridized carbons (Fsp3) is 0.562. The molecule has 0 aromatic carbocycles. The van der Waals surface area contributed by atoms with Crippen molar-refractivity contribution in [2.45, 2.75) is 45.6 Å². The summed E-state index contributed by atoms with van der Waals surface area (Å²) < 4.78 is 7.26. The third-order valence-corrected chi connectivity index (χ3v) is 4.47. The average Bonchev–Trinajstić information content (AvgIpc) is 3.16. The van der Waals surface area contributed by atoms with Crippen LogP contribution < -0.4 is 0 Å². The summed E-state index contributed by atoms with van der Waals surface area (Å²) in [6, 6.07) is 0.347. The largest absolute Gasteiger partial charge is 0.361 e. The highest BCUT2D eigenvalue weighted by Crippen LogP contribution is 2.22. The van der Waals surface area contributed by atoms with Crippen molar-refractivity contribution < 1.29 is 9.32 Å². The molecule has 3 rings (SSSR count). The summed E-state index contributed by atoms with van der Waals surface area (Å²) in [5.41, 5.74) is 1.96. The number of amides is 1. The monoisotopic (exact) mass is 302 g/mol. The number of hydrogen-bond donors (Lipinski definition) is 0. The van der Waals surface area contributed by atoms with E-state index in [0.717, 1.165) is 42.9 Å². The van der Waals surface area contributed by atoms with Gasteiger partial charge in [0.15, 0.2) is 0 Å². The molecular formula is C16H22N4O2. The Hall–Kier alpha value is -2.11. The van der Waals surface area contributed by atoms with Gasteiger partial charge in [0, 0.05) is 37.5 Å². The Kier molecular flexibility index (Phi) is 4.27. The Morgan fingerprint density at radius 3 is 3.00 bits per heavy atom. The summed E-state index contributed by atoms with van der Waals surface area (Å²) in [5, 5.41) is 3.94. The van der Waals surface area contributed by atoms with Gasteiger partial charge >= 0.3 is 0 Å². The zero-order chi connectivity index (χ0) is 15.5. The van der Waals surface area contributed by atoms with Crippen LogP contribution in [0.2, 0.25) is 0 Å². The van der Waals surface area contributed by atoms with Crippen molar-refractivity contribution in [2.24, 2.45) is 0 Å². The van der Waals surface area contributed by atoms with Gasteiger partial charge in [-0.15, -0.1) is 0 Å². The van der Waals surface area contributed by atoms with Crippen LogP contribution in [0.3, 0.4) is 0 Å². The SMILES string of the molecule is Cc1noc(C)c1CCC(=O)N1CCC[C@@H](n2ccnc2)C1. The van der Waals surface area contributed by atoms with Gasteiger partial charge < -0.3 is 14.0 Å². The average molecular weight is 302 g/mol. The number of aryl methyl sites for hydroxylation is 2. The molecule has 3 heterocycles. The van der Waals surface area contributed by atoms with E-state index >= 15 is 0 Å². The summed E-state index contributed by atoms with van der Waals surface area (Å²) in [6.07, 6.45) is 8.96. The summed E-state index contributed by atoms with van der Waals surface area (Å²) in [7, 11) is 0. The number of carbonyl (C=O) groups excluding carboxylic acids is 1. The zero-order valence-corrected chi connectivity index (χ0v) is 13.2. The molecule has 0 spiro atoms. The van der Waals surface area contributed by atoms with E-state index in [9.17, 15) is 4.79 Å². The van der Waals surface area contributed by atoms with Gasteiger partial charge in [0.2, 0.25) is 5.91 Å². The summed E-state index contributed by atoms with van der Waals surface area (Å²) in [6.45, 7) is 5.45. The van der Waals surface area contributed by atoms with Crippen LogP contribution in [0.15, 0.2) is 23.2 Å². The molecule has 2 aromatic rings. The number of carbonyl (C=O) groups is 1. The van der Waals surface area contributed by atoms with E-state index in [1.165, 1.54) is 0 Å². The van der Waals surface area contributed by atoms with Crippen LogP contribution in [0.4, 0.5) is 0 Å². The van der Waals surface area contributed by atoms with Crippen LogP contribution in [0.25, 0.3) is 0 Å². The van der Waals surface area contributed by atoms with Crippen molar-refractivity contribution >= 4 is 5.91 Å². The highest BCUT2D eigenvalue weighted by Gasteiger charge is 2.24. The molecule has 0 saturated carbocycles. The third kappa shape index (κ3) is 3.05. The van der Waals surface area contributed by atoms with Crippen molar-refractivity contribution in [3.8, 4) is 0 Å². The Balaban J connectivity index is 1.58. The molecule has 0 bridgehead atoms. The minimum Gasteiger partial charge on any atom is -0.361 e. The standard InChI is InChI=1S/C16H22N4O2/c1-12-15(13(2)22-18-12)5-6-16(21)19-8-3-4-14(10-19)20-9-7-17-11-20/h7,9,11,14H,3-6,8,10H2,1-2H3/t14-/m1/s1. The van der Waals surface area contributed by atoms with Gasteiger partial charge in [0.1, 0.15) is 5.76 Å². The van der Waals surface area contributed by atoms with Gasteiger partial charge in [-0.2, -0.15) is 0 Å². The maximum Gasteiger partial charge on any atom is 0.222 e. The molecule has 1 atom stereocenters. The second kappa shape index (κ2) is 6.34. The van der Waals surface area contributed by atoms with Crippen LogP contribution in [0.5, 0.6) is 0 Å². The molecule has 22 heavy (non-hydrogen) atoms. The number of imidazole rings is 1. The van der Waals surface area contributed by atoms with E-state index in [0.29, 0.717) is 18.9 Å². The lowest BCUT2D eigenvalue weighted by atomic mass is 10.0. The fourth-order valence-electron chi connectivity index (χ4n) is 3.16. The highest BCUT2D eigenvalue weighted by molar-refractivity contribution is 5.76. The fourth-order valence-corrected chi connectivity index (χ4v) is 3.16. The van der Waals surface area contributed by atoms with E-state index in [1.54, 1.807) is 6.20 Å². The van der Waals surface area contributed by atoms with E-state index in [4.69, 9.17) is 4.52 Å². The van der Waals surface area contributed by atoms with Gasteiger partial charge in [-0.3, -0.25) is 4.79 Å². The van der Waals surface area contributed by atoms with Crippen LogP contribution in [-0.2, 0) is 11.2 Å². The Labute approximate surface area is 130 Å². The molecule has 1 saturated heterocycles. The quantitative estimate of drug-likeness (QED) is 0.869. The topological polar surface area (TPSA) is 64.2 Å². The molecule has 118 valence electrons. The Morgan fingerprint density at radius 2 is 2.32 bits per heavy atom. The molecular weight excluding hydrogens is 280 g/mol. The minimum absolute atomic E-state index is 0.213. The lowest BCUT2D eigenvalue weighted by Crippen LogP contribution is -2.40. The van der Waals surface area contributed by atoms with Crippen molar-refractivity contribution in [1.82, 2.24) is 19.6 Å². The van der Waals surface area contributed by atoms with Crippen molar-refractivity contribution in [3.05, 3.63) is 35.7 Å². The summed E-state index contributed by atoms with van der Waals surface area (Å²) in [5.74, 6) is 1.03. The van der Waals surface area contributed by atoms with Gasteiger partial charge in [-0.05, 0) is 33.1 Å². The molecule has 6 nitrogen and oxygen atoms in total. The lowest BCUT2D eigenvalue weighted by molar-refractivity contribution is -0.132. The van der Waals surface area contributed by atoms with Crippen LogP contribution >= 0.6 is 0 Å². The van der Waals surface area contributed by atoms with Crippen molar-refractivity contribution in [3.63, 3.8) is 0 Å². The predicted molar refractivity (Wildman–Crippen MR) is 81.4 cm³/mol. The number of nitrogens with zero attached hydrogens (tertiary/aromatic N) is 4. The van der Waals surface area contributed by atoms with Gasteiger partial charge in [0.05, 0.1) is 18.1 Å². The molecule has 1 fully saturated rings. The first-order valence-corrected chi connectivity index (χ1v) is 7.82. The maximum absolute atomic E-state index is 12.5. The first kappa shape index (κ1) is 14.8. The number of hydrogen-bond acceptors (Lipinski definition) is 4. The van der Waals surface area contributed by atoms with Gasteiger partial charge in [-0.25, -0.2) is 4.98 Å². The van der Waals surface area contributed by atoms with E-state index in [1.807, 2.05) is 31.3 Å². The Morgan fingerprint density at radius 1 is 1.45 bits per heavy atom. The van der Waals surface area contributed by atoms with Crippen LogP contribution in [-0.4, -0.2) is 38.6 Å². The molecule has 1 aliphatic rings. The highest BCUT2D eigenvalue weighted by atomic mass is 16.5. The predicted octanol–water partition coefficient (Wildman–Crippen LogP) is 2.28. The Bertz CT molecular complexity index is 613. The smallest absolute Gasteiger partial charge is 0.222 e. The number of likely N-dealkylation sites (tertiary alicyclic amines) is 1. The zero-order valence-electron chi connectivity index (χ0n) is 13.2. The van der Waals surface area contributed by atoms with Crippen molar-refractivity contribution in [2.75, 3.05) is 13.1 Å². The summed E-state index contributed by atoms with van der Waals surface area (Å²) >= 11 is 0. The third-order valence-electron chi connectivity index (χ3n) is 4.47.